The fraction of sp³-hybridized carbons (Fsp3) is 0.357. The van der Waals surface area contributed by atoms with E-state index in [9.17, 15) is 4.79 Å². The summed E-state index contributed by atoms with van der Waals surface area (Å²) in [6, 6.07) is 10.2. The van der Waals surface area contributed by atoms with Gasteiger partial charge in [0.25, 0.3) is 0 Å². The molecule has 0 unspecified atom stereocenters. The van der Waals surface area contributed by atoms with E-state index in [2.05, 4.69) is 35.3 Å². The van der Waals surface area contributed by atoms with Crippen LogP contribution in [0.1, 0.15) is 19.8 Å². The van der Waals surface area contributed by atoms with Gasteiger partial charge in [0.05, 0.1) is 6.26 Å². The number of benzene rings is 1. The molecule has 0 radical (unpaired) electrons. The van der Waals surface area contributed by atoms with Gasteiger partial charge in [0.2, 0.25) is 0 Å². The first kappa shape index (κ1) is 13.3. The van der Waals surface area contributed by atoms with Crippen molar-refractivity contribution in [3.8, 4) is 0 Å². The number of esters is 1. The molecule has 1 aromatic rings. The van der Waals surface area contributed by atoms with Crippen LogP contribution >= 0.6 is 0 Å². The van der Waals surface area contributed by atoms with E-state index in [4.69, 9.17) is 0 Å². The van der Waals surface area contributed by atoms with E-state index in [1.807, 2.05) is 18.2 Å². The first-order valence-electron chi connectivity index (χ1n) is 5.88. The van der Waals surface area contributed by atoms with Crippen LogP contribution in [0, 0.1) is 0 Å². The Kier molecular flexibility index (Phi) is 5.86. The monoisotopic (exact) mass is 233 g/mol. The molecule has 0 amide bonds. The summed E-state index contributed by atoms with van der Waals surface area (Å²) >= 11 is 0. The predicted molar refractivity (Wildman–Crippen MR) is 69.9 cm³/mol. The van der Waals surface area contributed by atoms with Crippen molar-refractivity contribution in [1.82, 2.24) is 0 Å². The highest BCUT2D eigenvalue weighted by Crippen LogP contribution is 2.13. The quantitative estimate of drug-likeness (QED) is 0.535. The minimum Gasteiger partial charge on any atom is -0.435 e. The molecular formula is C14H19NO2. The Morgan fingerprint density at radius 1 is 1.41 bits per heavy atom. The van der Waals surface area contributed by atoms with E-state index in [0.29, 0.717) is 6.42 Å². The molecule has 0 aliphatic carbocycles. The topological polar surface area (TPSA) is 29.5 Å². The molecule has 0 saturated carbocycles. The lowest BCUT2D eigenvalue weighted by atomic mass is 10.2. The van der Waals surface area contributed by atoms with Crippen LogP contribution < -0.4 is 4.90 Å². The Labute approximate surface area is 103 Å². The fourth-order valence-electron chi connectivity index (χ4n) is 1.67. The average molecular weight is 233 g/mol. The maximum Gasteiger partial charge on any atom is 0.310 e. The predicted octanol–water partition coefficient (Wildman–Crippen LogP) is 2.98. The second-order valence-electron chi connectivity index (χ2n) is 3.68. The zero-order valence-electron chi connectivity index (χ0n) is 10.3. The van der Waals surface area contributed by atoms with Gasteiger partial charge in [-0.15, -0.1) is 0 Å². The Hall–Kier alpha value is -1.77. The summed E-state index contributed by atoms with van der Waals surface area (Å²) in [4.78, 5) is 13.4. The number of carbonyl (C=O) groups excluding carboxylic acids is 1. The lowest BCUT2D eigenvalue weighted by Gasteiger charge is -2.22. The van der Waals surface area contributed by atoms with Gasteiger partial charge in [-0.3, -0.25) is 4.79 Å². The lowest BCUT2D eigenvalue weighted by Crippen LogP contribution is -2.24. The van der Waals surface area contributed by atoms with Crippen LogP contribution in [0.2, 0.25) is 0 Å². The van der Waals surface area contributed by atoms with Gasteiger partial charge < -0.3 is 9.64 Å². The van der Waals surface area contributed by atoms with Crippen LogP contribution in [0.15, 0.2) is 43.2 Å². The molecule has 0 saturated heterocycles. The van der Waals surface area contributed by atoms with Crippen LogP contribution in [0.3, 0.4) is 0 Å². The molecular weight excluding hydrogens is 214 g/mol. The SMILES string of the molecule is C=COC(=O)CCCN(CC)c1ccccc1. The highest BCUT2D eigenvalue weighted by molar-refractivity contribution is 5.69. The van der Waals surface area contributed by atoms with E-state index in [-0.39, 0.29) is 5.97 Å². The number of ether oxygens (including phenoxy) is 1. The van der Waals surface area contributed by atoms with Gasteiger partial charge in [-0.1, -0.05) is 24.8 Å². The number of anilines is 1. The standard InChI is InChI=1S/C14H19NO2/c1-3-15(13-9-6-5-7-10-13)12-8-11-14(16)17-4-2/h4-7,9-10H,2-3,8,11-12H2,1H3. The van der Waals surface area contributed by atoms with Gasteiger partial charge >= 0.3 is 5.97 Å². The summed E-state index contributed by atoms with van der Waals surface area (Å²) in [7, 11) is 0. The van der Waals surface area contributed by atoms with Crippen molar-refractivity contribution in [3.63, 3.8) is 0 Å². The molecule has 0 fully saturated rings. The maximum atomic E-state index is 11.1. The van der Waals surface area contributed by atoms with E-state index in [1.54, 1.807) is 0 Å². The van der Waals surface area contributed by atoms with Gasteiger partial charge in [0.15, 0.2) is 0 Å². The van der Waals surface area contributed by atoms with Crippen molar-refractivity contribution in [3.05, 3.63) is 43.2 Å². The Bertz CT molecular complexity index is 348. The molecule has 0 atom stereocenters. The first-order chi connectivity index (χ1) is 8.27. The Morgan fingerprint density at radius 2 is 2.12 bits per heavy atom. The number of rotatable bonds is 7. The Balaban J connectivity index is 2.38. The largest absolute Gasteiger partial charge is 0.435 e. The van der Waals surface area contributed by atoms with Gasteiger partial charge in [-0.05, 0) is 25.5 Å². The Morgan fingerprint density at radius 3 is 2.71 bits per heavy atom. The van der Waals surface area contributed by atoms with Crippen molar-refractivity contribution in [1.29, 1.82) is 0 Å². The van der Waals surface area contributed by atoms with Crippen molar-refractivity contribution in [2.24, 2.45) is 0 Å². The number of hydrogen-bond acceptors (Lipinski definition) is 3. The highest BCUT2D eigenvalue weighted by Gasteiger charge is 2.05. The summed E-state index contributed by atoms with van der Waals surface area (Å²) < 4.78 is 4.67. The normalized spacial score (nSPS) is 9.71. The summed E-state index contributed by atoms with van der Waals surface area (Å²) in [5.74, 6) is -0.218. The highest BCUT2D eigenvalue weighted by atomic mass is 16.5. The second-order valence-corrected chi connectivity index (χ2v) is 3.68. The molecule has 1 aromatic carbocycles. The molecule has 92 valence electrons. The molecule has 0 aliphatic heterocycles. The van der Waals surface area contributed by atoms with Crippen LogP contribution in [0.25, 0.3) is 0 Å². The number of carbonyl (C=O) groups is 1. The average Bonchev–Trinajstić information content (AvgIpc) is 2.36. The molecule has 0 heterocycles. The summed E-state index contributed by atoms with van der Waals surface area (Å²) in [6.07, 6.45) is 2.39. The van der Waals surface area contributed by atoms with Gasteiger partial charge in [-0.2, -0.15) is 0 Å². The molecule has 0 N–H and O–H groups in total. The third-order valence-corrected chi connectivity index (χ3v) is 2.53. The third-order valence-electron chi connectivity index (χ3n) is 2.53. The van der Waals surface area contributed by atoms with E-state index in [1.165, 1.54) is 11.9 Å². The minimum atomic E-state index is -0.218. The first-order valence-corrected chi connectivity index (χ1v) is 5.88. The summed E-state index contributed by atoms with van der Waals surface area (Å²) in [5, 5.41) is 0. The third kappa shape index (κ3) is 4.72. The van der Waals surface area contributed by atoms with Crippen LogP contribution in [0.5, 0.6) is 0 Å². The van der Waals surface area contributed by atoms with E-state index < -0.39 is 0 Å². The summed E-state index contributed by atoms with van der Waals surface area (Å²) in [5.41, 5.74) is 1.19. The van der Waals surface area contributed by atoms with Crippen LogP contribution in [0.4, 0.5) is 5.69 Å². The van der Waals surface area contributed by atoms with Gasteiger partial charge in [0, 0.05) is 25.2 Å². The number of nitrogens with zero attached hydrogens (tertiary/aromatic N) is 1. The minimum absolute atomic E-state index is 0.218. The molecule has 3 heteroatoms. The fourth-order valence-corrected chi connectivity index (χ4v) is 1.67. The van der Waals surface area contributed by atoms with E-state index >= 15 is 0 Å². The molecule has 17 heavy (non-hydrogen) atoms. The molecule has 0 aromatic heterocycles. The summed E-state index contributed by atoms with van der Waals surface area (Å²) in [6.45, 7) is 7.25. The van der Waals surface area contributed by atoms with Crippen molar-refractivity contribution < 1.29 is 9.53 Å². The number of hydrogen-bond donors (Lipinski definition) is 0. The maximum absolute atomic E-state index is 11.1. The van der Waals surface area contributed by atoms with Crippen molar-refractivity contribution in [2.75, 3.05) is 18.0 Å². The lowest BCUT2D eigenvalue weighted by molar-refractivity contribution is -0.138. The molecule has 0 bridgehead atoms. The molecule has 3 nitrogen and oxygen atoms in total. The van der Waals surface area contributed by atoms with Gasteiger partial charge in [0.1, 0.15) is 0 Å². The smallest absolute Gasteiger partial charge is 0.310 e. The van der Waals surface area contributed by atoms with Crippen molar-refractivity contribution >= 4 is 11.7 Å². The van der Waals surface area contributed by atoms with Gasteiger partial charge in [-0.25, -0.2) is 0 Å². The van der Waals surface area contributed by atoms with Crippen LogP contribution in [-0.2, 0) is 9.53 Å². The van der Waals surface area contributed by atoms with Crippen molar-refractivity contribution in [2.45, 2.75) is 19.8 Å². The zero-order valence-corrected chi connectivity index (χ0v) is 10.3. The van der Waals surface area contributed by atoms with E-state index in [0.717, 1.165) is 19.5 Å². The van der Waals surface area contributed by atoms with Crippen LogP contribution in [-0.4, -0.2) is 19.1 Å². The zero-order chi connectivity index (χ0) is 12.5. The second kappa shape index (κ2) is 7.49. The molecule has 0 aliphatic rings. The molecule has 0 spiro atoms. The molecule has 1 rings (SSSR count). The number of para-hydroxylation sites is 1.